The molecule has 1 atom stereocenters. The number of rotatable bonds is 6. The quantitative estimate of drug-likeness (QED) is 0.768. The minimum Gasteiger partial charge on any atom is -0.494 e. The summed E-state index contributed by atoms with van der Waals surface area (Å²) in [4.78, 5) is 12.2. The number of halogens is 1. The molecule has 6 nitrogen and oxygen atoms in total. The average molecular weight is 390 g/mol. The van der Waals surface area contributed by atoms with Crippen molar-refractivity contribution in [3.63, 3.8) is 0 Å². The van der Waals surface area contributed by atoms with Gasteiger partial charge in [-0.05, 0) is 39.0 Å². The van der Waals surface area contributed by atoms with Gasteiger partial charge < -0.3 is 14.8 Å². The van der Waals surface area contributed by atoms with E-state index in [1.807, 2.05) is 32.9 Å². The number of hydrogen-bond acceptors (Lipinski definition) is 4. The van der Waals surface area contributed by atoms with Gasteiger partial charge >= 0.3 is 0 Å². The lowest BCUT2D eigenvalue weighted by Crippen LogP contribution is -2.20. The molecule has 0 fully saturated rings. The van der Waals surface area contributed by atoms with Crippen LogP contribution in [0, 0.1) is 6.92 Å². The van der Waals surface area contributed by atoms with Crippen LogP contribution >= 0.6 is 11.6 Å². The smallest absolute Gasteiger partial charge is 0.244 e. The summed E-state index contributed by atoms with van der Waals surface area (Å²) < 4.78 is 13.1. The van der Waals surface area contributed by atoms with E-state index in [1.165, 1.54) is 6.08 Å². The first kappa shape index (κ1) is 19.3. The second-order valence-electron chi connectivity index (χ2n) is 6.60. The van der Waals surface area contributed by atoms with E-state index in [2.05, 4.69) is 10.4 Å². The highest BCUT2D eigenvalue weighted by molar-refractivity contribution is 6.31. The fourth-order valence-corrected chi connectivity index (χ4v) is 3.38. The number of carbonyl (C=O) groups excluding carboxylic acids is 1. The van der Waals surface area contributed by atoms with Crippen LogP contribution in [0.3, 0.4) is 0 Å². The SMILES string of the molecule is CCOc1cc2c(cc1CNC(=O)C=Cc1c(C)nn(C)c1Cl)OC(C)C2. The van der Waals surface area contributed by atoms with Gasteiger partial charge in [0.15, 0.2) is 0 Å². The number of fused-ring (bicyclic) bond motifs is 1. The minimum absolute atomic E-state index is 0.162. The van der Waals surface area contributed by atoms with Gasteiger partial charge in [-0.3, -0.25) is 9.48 Å². The number of aromatic nitrogens is 2. The summed E-state index contributed by atoms with van der Waals surface area (Å²) in [6.07, 6.45) is 4.17. The summed E-state index contributed by atoms with van der Waals surface area (Å²) in [7, 11) is 1.76. The van der Waals surface area contributed by atoms with Crippen molar-refractivity contribution in [1.82, 2.24) is 15.1 Å². The Kier molecular flexibility index (Phi) is 5.75. The van der Waals surface area contributed by atoms with Crippen molar-refractivity contribution in [2.75, 3.05) is 6.61 Å². The largest absolute Gasteiger partial charge is 0.494 e. The second kappa shape index (κ2) is 8.05. The van der Waals surface area contributed by atoms with E-state index < -0.39 is 0 Å². The molecule has 1 amide bonds. The molecule has 1 N–H and O–H groups in total. The summed E-state index contributed by atoms with van der Waals surface area (Å²) in [5.74, 6) is 1.43. The van der Waals surface area contributed by atoms with E-state index in [0.29, 0.717) is 18.3 Å². The number of nitrogens with zero attached hydrogens (tertiary/aromatic N) is 2. The third kappa shape index (κ3) is 4.27. The molecule has 144 valence electrons. The van der Waals surface area contributed by atoms with Crippen LogP contribution < -0.4 is 14.8 Å². The first-order chi connectivity index (χ1) is 12.9. The zero-order valence-electron chi connectivity index (χ0n) is 16.0. The van der Waals surface area contributed by atoms with Crippen LogP contribution in [0.2, 0.25) is 5.15 Å². The van der Waals surface area contributed by atoms with Crippen LogP contribution in [-0.2, 0) is 24.8 Å². The lowest BCUT2D eigenvalue weighted by Gasteiger charge is -2.13. The molecule has 1 aliphatic heterocycles. The average Bonchev–Trinajstić information content (AvgIpc) is 3.09. The third-order valence-electron chi connectivity index (χ3n) is 4.43. The fourth-order valence-electron chi connectivity index (χ4n) is 3.15. The van der Waals surface area contributed by atoms with Crippen LogP contribution in [0.5, 0.6) is 11.5 Å². The number of carbonyl (C=O) groups is 1. The summed E-state index contributed by atoms with van der Waals surface area (Å²) in [6.45, 7) is 6.75. The standard InChI is InChI=1S/C20H24ClN3O3/c1-5-26-17-9-14-8-12(2)27-18(14)10-15(17)11-22-19(25)7-6-16-13(3)23-24(4)20(16)21/h6-7,9-10,12H,5,8,11H2,1-4H3,(H,22,25). The molecule has 0 bridgehead atoms. The van der Waals surface area contributed by atoms with Crippen molar-refractivity contribution in [2.24, 2.45) is 7.05 Å². The molecule has 0 saturated carbocycles. The van der Waals surface area contributed by atoms with E-state index in [0.717, 1.165) is 40.3 Å². The molecule has 3 rings (SSSR count). The van der Waals surface area contributed by atoms with Crippen molar-refractivity contribution in [3.8, 4) is 11.5 Å². The van der Waals surface area contributed by atoms with E-state index in [1.54, 1.807) is 17.8 Å². The molecule has 0 aliphatic carbocycles. The van der Waals surface area contributed by atoms with E-state index in [-0.39, 0.29) is 12.0 Å². The Morgan fingerprint density at radius 1 is 1.52 bits per heavy atom. The van der Waals surface area contributed by atoms with Gasteiger partial charge in [0.25, 0.3) is 0 Å². The van der Waals surface area contributed by atoms with Gasteiger partial charge in [-0.2, -0.15) is 5.10 Å². The molecular formula is C20H24ClN3O3. The summed E-state index contributed by atoms with van der Waals surface area (Å²) in [6, 6.07) is 3.97. The zero-order chi connectivity index (χ0) is 19.6. The number of ether oxygens (including phenoxy) is 2. The van der Waals surface area contributed by atoms with E-state index >= 15 is 0 Å². The maximum Gasteiger partial charge on any atom is 0.244 e. The molecule has 1 aliphatic rings. The van der Waals surface area contributed by atoms with Gasteiger partial charge in [-0.1, -0.05) is 11.6 Å². The Balaban J connectivity index is 1.70. The second-order valence-corrected chi connectivity index (χ2v) is 6.96. The fraction of sp³-hybridized carbons (Fsp3) is 0.400. The van der Waals surface area contributed by atoms with Gasteiger partial charge in [0.05, 0.1) is 12.3 Å². The lowest BCUT2D eigenvalue weighted by atomic mass is 10.1. The van der Waals surface area contributed by atoms with Crippen LogP contribution in [0.4, 0.5) is 0 Å². The molecule has 0 radical (unpaired) electrons. The molecular weight excluding hydrogens is 366 g/mol. The van der Waals surface area contributed by atoms with Crippen molar-refractivity contribution in [2.45, 2.75) is 39.8 Å². The molecule has 2 heterocycles. The Morgan fingerprint density at radius 2 is 2.30 bits per heavy atom. The van der Waals surface area contributed by atoms with Crippen molar-refractivity contribution in [3.05, 3.63) is 45.7 Å². The Morgan fingerprint density at radius 3 is 2.96 bits per heavy atom. The lowest BCUT2D eigenvalue weighted by molar-refractivity contribution is -0.116. The number of amides is 1. The topological polar surface area (TPSA) is 65.4 Å². The normalized spacial score (nSPS) is 15.7. The predicted molar refractivity (Wildman–Crippen MR) is 105 cm³/mol. The number of nitrogens with one attached hydrogen (secondary N) is 1. The van der Waals surface area contributed by atoms with Gasteiger partial charge in [0.2, 0.25) is 5.91 Å². The molecule has 7 heteroatoms. The Hall–Kier alpha value is -2.47. The van der Waals surface area contributed by atoms with Gasteiger partial charge in [0.1, 0.15) is 22.8 Å². The van der Waals surface area contributed by atoms with E-state index in [4.69, 9.17) is 21.1 Å². The van der Waals surface area contributed by atoms with Gasteiger partial charge in [-0.15, -0.1) is 0 Å². The Bertz CT molecular complexity index is 889. The van der Waals surface area contributed by atoms with Crippen LogP contribution in [0.25, 0.3) is 6.08 Å². The molecule has 1 aromatic heterocycles. The minimum atomic E-state index is -0.216. The number of benzene rings is 1. The van der Waals surface area contributed by atoms with Crippen LogP contribution in [0.1, 0.15) is 36.2 Å². The summed E-state index contributed by atoms with van der Waals surface area (Å²) in [5.41, 5.74) is 3.55. The third-order valence-corrected chi connectivity index (χ3v) is 4.88. The van der Waals surface area contributed by atoms with Gasteiger partial charge in [0, 0.05) is 42.8 Å². The maximum atomic E-state index is 12.2. The first-order valence-electron chi connectivity index (χ1n) is 8.99. The maximum absolute atomic E-state index is 12.2. The summed E-state index contributed by atoms with van der Waals surface area (Å²) >= 11 is 6.18. The van der Waals surface area contributed by atoms with Crippen molar-refractivity contribution >= 4 is 23.6 Å². The predicted octanol–water partition coefficient (Wildman–Crippen LogP) is 3.43. The highest BCUT2D eigenvalue weighted by Crippen LogP contribution is 2.35. The van der Waals surface area contributed by atoms with Gasteiger partial charge in [-0.25, -0.2) is 0 Å². The number of hydrogen-bond donors (Lipinski definition) is 1. The van der Waals surface area contributed by atoms with Crippen LogP contribution in [0.15, 0.2) is 18.2 Å². The molecule has 0 spiro atoms. The summed E-state index contributed by atoms with van der Waals surface area (Å²) in [5, 5.41) is 7.61. The molecule has 2 aromatic rings. The monoisotopic (exact) mass is 389 g/mol. The molecule has 0 saturated heterocycles. The first-order valence-corrected chi connectivity index (χ1v) is 9.37. The highest BCUT2D eigenvalue weighted by Gasteiger charge is 2.22. The van der Waals surface area contributed by atoms with Crippen molar-refractivity contribution < 1.29 is 14.3 Å². The van der Waals surface area contributed by atoms with Crippen LogP contribution in [-0.4, -0.2) is 28.4 Å². The highest BCUT2D eigenvalue weighted by atomic mass is 35.5. The molecule has 1 aromatic carbocycles. The van der Waals surface area contributed by atoms with E-state index in [9.17, 15) is 4.79 Å². The molecule has 1 unspecified atom stereocenters. The molecule has 27 heavy (non-hydrogen) atoms. The number of aryl methyl sites for hydroxylation is 2. The van der Waals surface area contributed by atoms with Crippen molar-refractivity contribution in [1.29, 1.82) is 0 Å². The Labute approximate surface area is 164 Å². The zero-order valence-corrected chi connectivity index (χ0v) is 16.8.